The number of carbonyl (C=O) groups is 1. The van der Waals surface area contributed by atoms with Crippen molar-refractivity contribution >= 4 is 39.4 Å². The van der Waals surface area contributed by atoms with Crippen molar-refractivity contribution in [3.63, 3.8) is 0 Å². The Morgan fingerprint density at radius 2 is 1.85 bits per heavy atom. The molecule has 272 valence electrons. The van der Waals surface area contributed by atoms with Gasteiger partial charge in [0.1, 0.15) is 16.6 Å². The Bertz CT molecular complexity index is 2280. The number of nitrogens with one attached hydrogen (secondary N) is 1. The maximum atomic E-state index is 11.7. The Morgan fingerprint density at radius 1 is 1.02 bits per heavy atom. The van der Waals surface area contributed by atoms with Gasteiger partial charge in [0.05, 0.1) is 12.0 Å². The van der Waals surface area contributed by atoms with Crippen LogP contribution in [0.5, 0.6) is 0 Å². The molecule has 0 radical (unpaired) electrons. The van der Waals surface area contributed by atoms with E-state index in [1.807, 2.05) is 18.5 Å². The number of β-amino-alcohol motifs (C(OH)–C–C–N with tert-alkyl or cyclic N) is 1. The van der Waals surface area contributed by atoms with Crippen molar-refractivity contribution in [1.29, 1.82) is 0 Å². The summed E-state index contributed by atoms with van der Waals surface area (Å²) in [6.07, 6.45) is 13.7. The zero-order valence-corrected chi connectivity index (χ0v) is 30.3. The van der Waals surface area contributed by atoms with Gasteiger partial charge in [-0.15, -0.1) is 0 Å². The summed E-state index contributed by atoms with van der Waals surface area (Å²) in [7, 11) is 0. The lowest BCUT2D eigenvalue weighted by molar-refractivity contribution is -0.141. The van der Waals surface area contributed by atoms with Gasteiger partial charge in [0.15, 0.2) is 11.4 Å². The van der Waals surface area contributed by atoms with Crippen molar-refractivity contribution in [1.82, 2.24) is 24.8 Å². The molecule has 5 heterocycles. The summed E-state index contributed by atoms with van der Waals surface area (Å²) in [5.41, 5.74) is 8.55. The molecule has 2 aliphatic heterocycles. The number of aliphatic hydroxyl groups is 1. The minimum Gasteiger partial charge on any atom is -0.481 e. The molecule has 4 unspecified atom stereocenters. The molecule has 5 aromatic rings. The van der Waals surface area contributed by atoms with Crippen LogP contribution in [0.4, 0.5) is 5.82 Å². The molecule has 1 saturated carbocycles. The summed E-state index contributed by atoms with van der Waals surface area (Å²) in [6, 6.07) is 17.0. The van der Waals surface area contributed by atoms with Gasteiger partial charge in [0.2, 0.25) is 5.89 Å². The highest BCUT2D eigenvalue weighted by Gasteiger charge is 2.45. The second-order valence-corrected chi connectivity index (χ2v) is 15.6. The Morgan fingerprint density at radius 3 is 2.62 bits per heavy atom. The summed E-state index contributed by atoms with van der Waals surface area (Å²) in [4.78, 5) is 31.3. The normalized spacial score (nSPS) is 25.0. The largest absolute Gasteiger partial charge is 0.481 e. The Balaban J connectivity index is 1.12. The van der Waals surface area contributed by atoms with Crippen LogP contribution in [0, 0.1) is 18.8 Å². The molecule has 10 heteroatoms. The van der Waals surface area contributed by atoms with E-state index < -0.39 is 11.5 Å². The van der Waals surface area contributed by atoms with Crippen LogP contribution in [0.2, 0.25) is 0 Å². The van der Waals surface area contributed by atoms with Gasteiger partial charge in [-0.2, -0.15) is 0 Å². The van der Waals surface area contributed by atoms with Crippen molar-refractivity contribution in [2.24, 2.45) is 11.8 Å². The van der Waals surface area contributed by atoms with E-state index in [0.717, 1.165) is 66.5 Å². The molecule has 3 N–H and O–H groups in total. The van der Waals surface area contributed by atoms with Crippen LogP contribution in [0.25, 0.3) is 27.6 Å². The van der Waals surface area contributed by atoms with Crippen LogP contribution < -0.4 is 5.32 Å². The van der Waals surface area contributed by atoms with Gasteiger partial charge in [-0.05, 0) is 109 Å². The zero-order chi connectivity index (χ0) is 36.3. The molecule has 2 aromatic carbocycles. The van der Waals surface area contributed by atoms with Gasteiger partial charge in [-0.1, -0.05) is 43.3 Å². The highest BCUT2D eigenvalue weighted by atomic mass is 16.4. The maximum absolute atomic E-state index is 11.7. The van der Waals surface area contributed by atoms with Gasteiger partial charge >= 0.3 is 5.97 Å². The number of hydrogen-bond donors (Lipinski definition) is 3. The van der Waals surface area contributed by atoms with Crippen molar-refractivity contribution < 1.29 is 19.4 Å². The van der Waals surface area contributed by atoms with Gasteiger partial charge in [-0.3, -0.25) is 19.6 Å². The summed E-state index contributed by atoms with van der Waals surface area (Å²) < 4.78 is 6.86. The first-order valence-corrected chi connectivity index (χ1v) is 19.0. The van der Waals surface area contributed by atoms with Crippen LogP contribution >= 0.6 is 0 Å². The van der Waals surface area contributed by atoms with Gasteiger partial charge < -0.3 is 19.9 Å². The molecular weight excluding hydrogens is 665 g/mol. The first-order valence-electron chi connectivity index (χ1n) is 19.0. The first-order chi connectivity index (χ1) is 25.7. The number of rotatable bonds is 10. The van der Waals surface area contributed by atoms with E-state index >= 15 is 0 Å². The number of likely N-dealkylation sites (tertiary alicyclic amines) is 2. The summed E-state index contributed by atoms with van der Waals surface area (Å²) in [5, 5.41) is 24.5. The van der Waals surface area contributed by atoms with E-state index in [4.69, 9.17) is 19.4 Å². The number of hydrogen-bond acceptors (Lipinski definition) is 9. The Hall–Kier alpha value is -4.90. The first kappa shape index (κ1) is 33.9. The maximum Gasteiger partial charge on any atom is 0.307 e. The number of aliphatic hydroxyl groups excluding tert-OH is 1. The number of oxazole rings is 1. The lowest BCUT2D eigenvalue weighted by Crippen LogP contribution is -2.42. The minimum absolute atomic E-state index is 0.112. The fourth-order valence-corrected chi connectivity index (χ4v) is 8.75. The number of allylic oxidation sites excluding steroid dienone is 2. The molecule has 2 saturated heterocycles. The number of pyridine rings is 2. The highest BCUT2D eigenvalue weighted by molar-refractivity contribution is 5.89. The Labute approximate surface area is 309 Å². The predicted molar refractivity (Wildman–Crippen MR) is 205 cm³/mol. The molecule has 0 spiro atoms. The molecule has 9 rings (SSSR count). The summed E-state index contributed by atoms with van der Waals surface area (Å²) >= 11 is 0. The standard InChI is InChI=1S/C43H46N6O4/c1-26-6-3-4-7-34(26)35-8-5-14-43(27(35)2,47-40-39-30(11-15-44-40)18-28(21-45-39)22-48-17-13-33(50)25-48)42-46-37-19-32(24-49-16-12-31(23-49)41(51)52)36(29-9-10-29)20-38(37)53-42/h3-8,11,14-15,18-21,27,29,31,33,50H,9-10,12-13,16-17,22-25H2,1-2H3,(H,44,47)(H,51,52). The number of benzene rings is 2. The third-order valence-corrected chi connectivity index (χ3v) is 11.9. The number of aryl methyl sites for hydroxylation is 1. The van der Waals surface area contributed by atoms with E-state index in [9.17, 15) is 15.0 Å². The molecular formula is C43H46N6O4. The zero-order valence-electron chi connectivity index (χ0n) is 30.3. The van der Waals surface area contributed by atoms with Gasteiger partial charge in [-0.25, -0.2) is 9.97 Å². The van der Waals surface area contributed by atoms with Crippen LogP contribution in [-0.2, 0) is 23.4 Å². The second-order valence-electron chi connectivity index (χ2n) is 15.6. The van der Waals surface area contributed by atoms with E-state index in [1.165, 1.54) is 27.8 Å². The van der Waals surface area contributed by atoms with E-state index in [-0.39, 0.29) is 17.9 Å². The summed E-state index contributed by atoms with van der Waals surface area (Å²) in [5.74, 6) is 0.562. The molecule has 4 aliphatic rings. The fraction of sp³-hybridized carbons (Fsp3) is 0.395. The number of carboxylic acid groups (broad SMARTS) is 1. The molecule has 53 heavy (non-hydrogen) atoms. The predicted octanol–water partition coefficient (Wildman–Crippen LogP) is 7.03. The SMILES string of the molecule is Cc1ccccc1C1=CC=CC(Nc2nccc3cc(CN4CCC(O)C4)cnc23)(c2nc3cc(CN4CCC(C(=O)O)C4)c(C4CC4)cc3o2)C1C. The average Bonchev–Trinajstić information content (AvgIpc) is 3.50. The quantitative estimate of drug-likeness (QED) is 0.139. The van der Waals surface area contributed by atoms with Crippen LogP contribution in [0.3, 0.4) is 0 Å². The molecule has 3 aromatic heterocycles. The fourth-order valence-electron chi connectivity index (χ4n) is 8.75. The van der Waals surface area contributed by atoms with Gasteiger partial charge in [0.25, 0.3) is 0 Å². The van der Waals surface area contributed by atoms with E-state index in [0.29, 0.717) is 43.7 Å². The molecule has 10 nitrogen and oxygen atoms in total. The third kappa shape index (κ3) is 6.43. The van der Waals surface area contributed by atoms with Crippen molar-refractivity contribution in [3.8, 4) is 0 Å². The average molecular weight is 711 g/mol. The van der Waals surface area contributed by atoms with E-state index in [2.05, 4.69) is 89.7 Å². The molecule has 4 atom stereocenters. The lowest BCUT2D eigenvalue weighted by Gasteiger charge is -2.39. The Kier molecular flexibility index (Phi) is 8.64. The minimum atomic E-state index is -0.901. The smallest absolute Gasteiger partial charge is 0.307 e. The topological polar surface area (TPSA) is 128 Å². The highest BCUT2D eigenvalue weighted by Crippen LogP contribution is 2.48. The van der Waals surface area contributed by atoms with Crippen LogP contribution in [-0.4, -0.2) is 73.2 Å². The number of fused-ring (bicyclic) bond motifs is 2. The number of nitrogens with zero attached hydrogens (tertiary/aromatic N) is 5. The number of aliphatic carboxylic acids is 1. The monoisotopic (exact) mass is 710 g/mol. The van der Waals surface area contributed by atoms with Crippen molar-refractivity contribution in [2.75, 3.05) is 31.5 Å². The second kappa shape index (κ2) is 13.5. The van der Waals surface area contributed by atoms with Crippen LogP contribution in [0.15, 0.2) is 83.6 Å². The number of carboxylic acids is 1. The lowest BCUT2D eigenvalue weighted by atomic mass is 9.73. The third-order valence-electron chi connectivity index (χ3n) is 11.9. The van der Waals surface area contributed by atoms with Gasteiger partial charge in [0, 0.05) is 56.4 Å². The van der Waals surface area contributed by atoms with Crippen LogP contribution in [0.1, 0.15) is 72.2 Å². The molecule has 2 aliphatic carbocycles. The van der Waals surface area contributed by atoms with E-state index in [1.54, 1.807) is 0 Å². The van der Waals surface area contributed by atoms with Crippen molar-refractivity contribution in [2.45, 2.75) is 70.2 Å². The number of aromatic nitrogens is 3. The molecule has 0 amide bonds. The number of anilines is 1. The molecule has 3 fully saturated rings. The summed E-state index contributed by atoms with van der Waals surface area (Å²) in [6.45, 7) is 8.72. The van der Waals surface area contributed by atoms with Crippen molar-refractivity contribution in [3.05, 3.63) is 113 Å². The molecule has 0 bridgehead atoms.